The van der Waals surface area contributed by atoms with Crippen LogP contribution in [0.4, 0.5) is 0 Å². The number of para-hydroxylation sites is 2. The molecule has 1 N–H and O–H groups in total. The number of benzene rings is 2. The molecule has 33 heavy (non-hydrogen) atoms. The van der Waals surface area contributed by atoms with E-state index in [0.29, 0.717) is 31.5 Å². The van der Waals surface area contributed by atoms with Crippen molar-refractivity contribution in [2.24, 2.45) is 5.16 Å². The third kappa shape index (κ3) is 3.44. The van der Waals surface area contributed by atoms with Crippen molar-refractivity contribution < 1.29 is 19.5 Å². The minimum Gasteiger partial charge on any atom is -0.496 e. The van der Waals surface area contributed by atoms with E-state index in [0.717, 1.165) is 40.6 Å². The fourth-order valence-corrected chi connectivity index (χ4v) is 5.01. The molecule has 1 amide bonds. The highest BCUT2D eigenvalue weighted by atomic mass is 16.5. The number of oxime groups is 1. The van der Waals surface area contributed by atoms with Crippen molar-refractivity contribution in [2.45, 2.75) is 31.8 Å². The van der Waals surface area contributed by atoms with Gasteiger partial charge in [-0.25, -0.2) is 0 Å². The first-order valence-electron chi connectivity index (χ1n) is 11.2. The first-order valence-corrected chi connectivity index (χ1v) is 11.2. The van der Waals surface area contributed by atoms with Crippen LogP contribution in [0.2, 0.25) is 0 Å². The molecule has 5 rings (SSSR count). The molecule has 1 spiro atoms. The summed E-state index contributed by atoms with van der Waals surface area (Å²) in [6, 6.07) is 17.5. The summed E-state index contributed by atoms with van der Waals surface area (Å²) in [4.78, 5) is 15.1. The van der Waals surface area contributed by atoms with Gasteiger partial charge in [-0.1, -0.05) is 30.3 Å². The second kappa shape index (κ2) is 8.31. The molecule has 0 aliphatic carbocycles. The van der Waals surface area contributed by atoms with Crippen molar-refractivity contribution in [3.05, 3.63) is 77.1 Å². The first kappa shape index (κ1) is 21.1. The van der Waals surface area contributed by atoms with Crippen molar-refractivity contribution >= 4 is 12.1 Å². The largest absolute Gasteiger partial charge is 0.496 e. The number of carbonyl (C=O) groups is 1. The Hall–Kier alpha value is -3.74. The van der Waals surface area contributed by atoms with E-state index in [9.17, 15) is 4.79 Å². The van der Waals surface area contributed by atoms with Gasteiger partial charge in [0.05, 0.1) is 30.4 Å². The molecule has 170 valence electrons. The van der Waals surface area contributed by atoms with Crippen molar-refractivity contribution in [3.63, 3.8) is 0 Å². The van der Waals surface area contributed by atoms with E-state index < -0.39 is 5.60 Å². The third-order valence-corrected chi connectivity index (χ3v) is 6.75. The molecule has 1 aromatic heterocycles. The lowest BCUT2D eigenvalue weighted by molar-refractivity contribution is -0.00935. The first-order chi connectivity index (χ1) is 16.1. The summed E-state index contributed by atoms with van der Waals surface area (Å²) >= 11 is 0. The van der Waals surface area contributed by atoms with Crippen LogP contribution in [0.5, 0.6) is 11.5 Å². The summed E-state index contributed by atoms with van der Waals surface area (Å²) in [5, 5.41) is 12.4. The SMILES string of the molecule is CCc1ccc(C(=O)N2CCC3(CC2)Oc2ccccc2-n2c(C=NO)ccc23)cc1OC. The van der Waals surface area contributed by atoms with Crippen LogP contribution in [0.1, 0.15) is 47.1 Å². The molecule has 7 nitrogen and oxygen atoms in total. The number of hydrogen-bond donors (Lipinski definition) is 1. The molecule has 2 aromatic carbocycles. The number of nitrogens with zero attached hydrogens (tertiary/aromatic N) is 3. The molecular formula is C26H27N3O4. The third-order valence-electron chi connectivity index (χ3n) is 6.75. The summed E-state index contributed by atoms with van der Waals surface area (Å²) in [5.74, 6) is 1.54. The van der Waals surface area contributed by atoms with Gasteiger partial charge >= 0.3 is 0 Å². The van der Waals surface area contributed by atoms with Gasteiger partial charge in [0.2, 0.25) is 0 Å². The minimum absolute atomic E-state index is 0.00509. The number of rotatable bonds is 4. The number of amides is 1. The van der Waals surface area contributed by atoms with E-state index in [-0.39, 0.29) is 5.91 Å². The molecule has 2 aliphatic rings. The van der Waals surface area contributed by atoms with Gasteiger partial charge in [0.25, 0.3) is 5.91 Å². The Labute approximate surface area is 192 Å². The highest BCUT2D eigenvalue weighted by Gasteiger charge is 2.45. The molecule has 3 heterocycles. The van der Waals surface area contributed by atoms with Gasteiger partial charge in [-0.15, -0.1) is 0 Å². The zero-order chi connectivity index (χ0) is 23.0. The monoisotopic (exact) mass is 445 g/mol. The fourth-order valence-electron chi connectivity index (χ4n) is 5.01. The fraction of sp³-hybridized carbons (Fsp3) is 0.308. The van der Waals surface area contributed by atoms with Crippen LogP contribution in [-0.2, 0) is 12.0 Å². The quantitative estimate of drug-likeness (QED) is 0.367. The number of carbonyl (C=O) groups excluding carboxylic acids is 1. The van der Waals surface area contributed by atoms with Crippen LogP contribution in [-0.4, -0.2) is 47.0 Å². The number of fused-ring (bicyclic) bond motifs is 4. The van der Waals surface area contributed by atoms with E-state index in [2.05, 4.69) is 16.6 Å². The summed E-state index contributed by atoms with van der Waals surface area (Å²) < 4.78 is 14.2. The van der Waals surface area contributed by atoms with E-state index in [4.69, 9.17) is 14.7 Å². The maximum atomic E-state index is 13.3. The van der Waals surface area contributed by atoms with E-state index in [1.165, 1.54) is 6.21 Å². The van der Waals surface area contributed by atoms with Crippen molar-refractivity contribution in [1.82, 2.24) is 9.47 Å². The minimum atomic E-state index is -0.545. The molecule has 0 atom stereocenters. The number of aryl methyl sites for hydroxylation is 1. The van der Waals surface area contributed by atoms with E-state index in [1.54, 1.807) is 7.11 Å². The van der Waals surface area contributed by atoms with Gasteiger partial charge in [-0.3, -0.25) is 4.79 Å². The predicted molar refractivity (Wildman–Crippen MR) is 125 cm³/mol. The van der Waals surface area contributed by atoms with Gasteiger partial charge in [0.1, 0.15) is 11.5 Å². The second-order valence-electron chi connectivity index (χ2n) is 8.46. The van der Waals surface area contributed by atoms with E-state index in [1.807, 2.05) is 59.5 Å². The Morgan fingerprint density at radius 3 is 2.70 bits per heavy atom. The van der Waals surface area contributed by atoms with Gasteiger partial charge in [0.15, 0.2) is 5.60 Å². The van der Waals surface area contributed by atoms with Crippen molar-refractivity contribution in [3.8, 4) is 17.2 Å². The average Bonchev–Trinajstić information content (AvgIpc) is 3.29. The van der Waals surface area contributed by atoms with Crippen LogP contribution in [0.25, 0.3) is 5.69 Å². The van der Waals surface area contributed by atoms with Crippen molar-refractivity contribution in [2.75, 3.05) is 20.2 Å². The average molecular weight is 446 g/mol. The molecule has 0 bridgehead atoms. The molecule has 0 unspecified atom stereocenters. The standard InChI is InChI=1S/C26H27N3O4/c1-3-18-8-9-19(16-23(18)32-2)25(30)28-14-12-26(13-15-28)24-11-10-20(17-27-31)29(24)21-6-4-5-7-22(21)33-26/h4-11,16-17,31H,3,12-15H2,1-2H3. The Morgan fingerprint density at radius 1 is 1.18 bits per heavy atom. The second-order valence-corrected chi connectivity index (χ2v) is 8.46. The lowest BCUT2D eigenvalue weighted by Gasteiger charge is -2.45. The maximum absolute atomic E-state index is 13.3. The zero-order valence-electron chi connectivity index (χ0n) is 18.8. The lowest BCUT2D eigenvalue weighted by Crippen LogP contribution is -2.50. The molecule has 1 saturated heterocycles. The Morgan fingerprint density at radius 2 is 1.97 bits per heavy atom. The maximum Gasteiger partial charge on any atom is 0.253 e. The van der Waals surface area contributed by atoms with Gasteiger partial charge in [0, 0.05) is 31.5 Å². The van der Waals surface area contributed by atoms with E-state index >= 15 is 0 Å². The Kier molecular flexibility index (Phi) is 5.32. The van der Waals surface area contributed by atoms with Crippen LogP contribution in [0.3, 0.4) is 0 Å². The Bertz CT molecular complexity index is 1220. The smallest absolute Gasteiger partial charge is 0.253 e. The van der Waals surface area contributed by atoms with Gasteiger partial charge in [-0.2, -0.15) is 0 Å². The highest BCUT2D eigenvalue weighted by Crippen LogP contribution is 2.45. The van der Waals surface area contributed by atoms with Crippen LogP contribution in [0.15, 0.2) is 59.8 Å². The molecule has 0 radical (unpaired) electrons. The molecule has 7 heteroatoms. The zero-order valence-corrected chi connectivity index (χ0v) is 18.8. The number of methoxy groups -OCH3 is 1. The number of hydrogen-bond acceptors (Lipinski definition) is 5. The molecule has 0 saturated carbocycles. The van der Waals surface area contributed by atoms with Crippen molar-refractivity contribution in [1.29, 1.82) is 0 Å². The number of aromatic nitrogens is 1. The summed E-state index contributed by atoms with van der Waals surface area (Å²) in [5.41, 5.74) is 3.89. The Balaban J connectivity index is 1.42. The number of ether oxygens (including phenoxy) is 2. The molecule has 2 aliphatic heterocycles. The normalized spacial score (nSPS) is 16.4. The summed E-state index contributed by atoms with van der Waals surface area (Å²) in [7, 11) is 1.64. The lowest BCUT2D eigenvalue weighted by atomic mass is 9.86. The molecular weight excluding hydrogens is 418 g/mol. The highest BCUT2D eigenvalue weighted by molar-refractivity contribution is 5.95. The van der Waals surface area contributed by atoms with Crippen LogP contribution in [0, 0.1) is 0 Å². The summed E-state index contributed by atoms with van der Waals surface area (Å²) in [6.45, 7) is 3.22. The number of piperidine rings is 1. The number of likely N-dealkylation sites (tertiary alicyclic amines) is 1. The summed E-state index contributed by atoms with van der Waals surface area (Å²) in [6.07, 6.45) is 3.62. The van der Waals surface area contributed by atoms with Crippen LogP contribution < -0.4 is 9.47 Å². The van der Waals surface area contributed by atoms with Gasteiger partial charge < -0.3 is 24.1 Å². The van der Waals surface area contributed by atoms with Crippen LogP contribution >= 0.6 is 0 Å². The molecule has 1 fully saturated rings. The van der Waals surface area contributed by atoms with Gasteiger partial charge in [-0.05, 0) is 48.4 Å². The topological polar surface area (TPSA) is 76.3 Å². The molecule has 3 aromatic rings. The predicted octanol–water partition coefficient (Wildman–Crippen LogP) is 4.38.